The summed E-state index contributed by atoms with van der Waals surface area (Å²) in [5.74, 6) is 0. The third-order valence-electron chi connectivity index (χ3n) is 12.1. The van der Waals surface area contributed by atoms with Gasteiger partial charge in [0.2, 0.25) is 0 Å². The Morgan fingerprint density at radius 1 is 0.276 bits per heavy atom. The SMILES string of the molecule is c1cc(-c2ccc3oc4c(ccc5c4c4ccccc4n5-c4cccc(-c5ccc6oc7ccccc7c6c5)c4)c3c2)cc(-n2c3ccccc3c3ccccc32)c1. The molecule has 270 valence electrons. The Balaban J connectivity index is 0.951. The quantitative estimate of drug-likeness (QED) is 0.180. The van der Waals surface area contributed by atoms with E-state index >= 15 is 0 Å². The van der Waals surface area contributed by atoms with Gasteiger partial charge >= 0.3 is 0 Å². The van der Waals surface area contributed by atoms with Crippen LogP contribution in [-0.4, -0.2) is 9.13 Å². The van der Waals surface area contributed by atoms with Crippen LogP contribution in [0.15, 0.2) is 203 Å². The summed E-state index contributed by atoms with van der Waals surface area (Å²) in [5.41, 5.74) is 15.1. The third kappa shape index (κ3) is 4.45. The lowest BCUT2D eigenvalue weighted by Gasteiger charge is -2.11. The van der Waals surface area contributed by atoms with E-state index in [0.29, 0.717) is 0 Å². The molecule has 0 atom stereocenters. The third-order valence-corrected chi connectivity index (χ3v) is 12.1. The van der Waals surface area contributed by atoms with Crippen LogP contribution in [-0.2, 0) is 0 Å². The van der Waals surface area contributed by atoms with Crippen molar-refractivity contribution in [1.82, 2.24) is 9.13 Å². The van der Waals surface area contributed by atoms with E-state index in [1.165, 1.54) is 21.8 Å². The zero-order valence-electron chi connectivity index (χ0n) is 31.2. The molecule has 0 aliphatic carbocycles. The monoisotopic (exact) mass is 740 g/mol. The van der Waals surface area contributed by atoms with Gasteiger partial charge in [-0.1, -0.05) is 109 Å². The highest BCUT2D eigenvalue weighted by Gasteiger charge is 2.20. The van der Waals surface area contributed by atoms with Crippen LogP contribution in [0.1, 0.15) is 0 Å². The van der Waals surface area contributed by atoms with Gasteiger partial charge in [0.05, 0.1) is 27.5 Å². The van der Waals surface area contributed by atoms with Crippen molar-refractivity contribution < 1.29 is 8.83 Å². The molecule has 0 unspecified atom stereocenters. The zero-order chi connectivity index (χ0) is 37.9. The van der Waals surface area contributed by atoms with Crippen molar-refractivity contribution in [3.8, 4) is 33.6 Å². The van der Waals surface area contributed by atoms with E-state index in [1.54, 1.807) is 0 Å². The summed E-state index contributed by atoms with van der Waals surface area (Å²) in [6.07, 6.45) is 0. The minimum Gasteiger partial charge on any atom is -0.456 e. The number of rotatable bonds is 4. The standard InChI is InChI=1S/C54H32N2O2/c1-5-19-46-39(15-1)40-16-2-6-20-47(40)55(46)37-13-9-11-33(29-37)36-24-28-52-45(32-36)42-25-26-49-53(54(42)58-52)43-18-3-7-21-48(43)56(49)38-14-10-12-34(30-38)35-23-27-51-44(31-35)41-17-4-8-22-50(41)57-51/h1-32H. The van der Waals surface area contributed by atoms with Gasteiger partial charge in [-0.3, -0.25) is 0 Å². The van der Waals surface area contributed by atoms with E-state index in [1.807, 2.05) is 12.1 Å². The van der Waals surface area contributed by atoms with Crippen LogP contribution in [0.3, 0.4) is 0 Å². The molecule has 0 bridgehead atoms. The maximum absolute atomic E-state index is 6.83. The van der Waals surface area contributed by atoms with Gasteiger partial charge in [-0.25, -0.2) is 0 Å². The minimum absolute atomic E-state index is 0.880. The van der Waals surface area contributed by atoms with Gasteiger partial charge in [0.25, 0.3) is 0 Å². The summed E-state index contributed by atoms with van der Waals surface area (Å²) >= 11 is 0. The predicted octanol–water partition coefficient (Wildman–Crippen LogP) is 15.0. The van der Waals surface area contributed by atoms with Crippen LogP contribution < -0.4 is 0 Å². The van der Waals surface area contributed by atoms with Crippen LogP contribution in [0.4, 0.5) is 0 Å². The van der Waals surface area contributed by atoms with Crippen LogP contribution in [0.2, 0.25) is 0 Å². The molecule has 4 heteroatoms. The fourth-order valence-electron chi connectivity index (χ4n) is 9.50. The fraction of sp³-hybridized carbons (Fsp3) is 0. The molecule has 4 heterocycles. The van der Waals surface area contributed by atoms with E-state index in [0.717, 1.165) is 99.3 Å². The first kappa shape index (κ1) is 31.4. The second kappa shape index (κ2) is 11.8. The highest BCUT2D eigenvalue weighted by atomic mass is 16.3. The Labute approximate surface area is 332 Å². The summed E-state index contributed by atoms with van der Waals surface area (Å²) in [6, 6.07) is 69.6. The molecule has 0 fully saturated rings. The average Bonchev–Trinajstić information content (AvgIpc) is 4.03. The van der Waals surface area contributed by atoms with Crippen LogP contribution in [0, 0.1) is 0 Å². The molecule has 58 heavy (non-hydrogen) atoms. The van der Waals surface area contributed by atoms with Crippen LogP contribution in [0.25, 0.3) is 121 Å². The molecule has 13 rings (SSSR count). The predicted molar refractivity (Wildman–Crippen MR) is 241 cm³/mol. The van der Waals surface area contributed by atoms with E-state index in [2.05, 4.69) is 191 Å². The van der Waals surface area contributed by atoms with Crippen molar-refractivity contribution in [3.05, 3.63) is 194 Å². The molecule has 4 aromatic heterocycles. The molecule has 0 amide bonds. The highest BCUT2D eigenvalue weighted by molar-refractivity contribution is 6.24. The van der Waals surface area contributed by atoms with Gasteiger partial charge in [0.1, 0.15) is 22.3 Å². The van der Waals surface area contributed by atoms with Crippen molar-refractivity contribution in [1.29, 1.82) is 0 Å². The zero-order valence-corrected chi connectivity index (χ0v) is 31.2. The summed E-state index contributed by atoms with van der Waals surface area (Å²) < 4.78 is 17.7. The molecule has 13 aromatic rings. The topological polar surface area (TPSA) is 36.1 Å². The maximum atomic E-state index is 6.83. The minimum atomic E-state index is 0.880. The van der Waals surface area contributed by atoms with E-state index in [-0.39, 0.29) is 0 Å². The molecule has 0 aliphatic rings. The Hall–Kier alpha value is -7.82. The Morgan fingerprint density at radius 2 is 0.759 bits per heavy atom. The summed E-state index contributed by atoms with van der Waals surface area (Å²) in [7, 11) is 0. The van der Waals surface area contributed by atoms with E-state index < -0.39 is 0 Å². The Kier molecular flexibility index (Phi) is 6.41. The fourth-order valence-corrected chi connectivity index (χ4v) is 9.50. The van der Waals surface area contributed by atoms with Crippen LogP contribution >= 0.6 is 0 Å². The number of furan rings is 2. The van der Waals surface area contributed by atoms with Gasteiger partial charge in [-0.2, -0.15) is 0 Å². The first-order valence-corrected chi connectivity index (χ1v) is 19.7. The largest absolute Gasteiger partial charge is 0.456 e. The lowest BCUT2D eigenvalue weighted by Crippen LogP contribution is -1.94. The second-order valence-electron chi connectivity index (χ2n) is 15.3. The van der Waals surface area contributed by atoms with Gasteiger partial charge in [-0.05, 0) is 107 Å². The smallest absolute Gasteiger partial charge is 0.145 e. The summed E-state index contributed by atoms with van der Waals surface area (Å²) in [6.45, 7) is 0. The second-order valence-corrected chi connectivity index (χ2v) is 15.3. The Morgan fingerprint density at radius 3 is 1.41 bits per heavy atom. The number of nitrogens with zero attached hydrogens (tertiary/aromatic N) is 2. The van der Waals surface area contributed by atoms with Crippen LogP contribution in [0.5, 0.6) is 0 Å². The number of hydrogen-bond acceptors (Lipinski definition) is 2. The lowest BCUT2D eigenvalue weighted by molar-refractivity contribution is 0.669. The van der Waals surface area contributed by atoms with Gasteiger partial charge in [-0.15, -0.1) is 0 Å². The van der Waals surface area contributed by atoms with E-state index in [4.69, 9.17) is 8.83 Å². The average molecular weight is 741 g/mol. The summed E-state index contributed by atoms with van der Waals surface area (Å²) in [4.78, 5) is 0. The van der Waals surface area contributed by atoms with Gasteiger partial charge < -0.3 is 18.0 Å². The Bertz CT molecular complexity index is 3760. The molecule has 0 saturated heterocycles. The van der Waals surface area contributed by atoms with Crippen molar-refractivity contribution in [2.24, 2.45) is 0 Å². The summed E-state index contributed by atoms with van der Waals surface area (Å²) in [5, 5.41) is 9.29. The number of hydrogen-bond donors (Lipinski definition) is 0. The first-order chi connectivity index (χ1) is 28.7. The maximum Gasteiger partial charge on any atom is 0.145 e. The molecular weight excluding hydrogens is 709 g/mol. The lowest BCUT2D eigenvalue weighted by atomic mass is 10.0. The number of fused-ring (bicyclic) bond motifs is 13. The van der Waals surface area contributed by atoms with Crippen molar-refractivity contribution in [2.75, 3.05) is 0 Å². The van der Waals surface area contributed by atoms with Gasteiger partial charge in [0, 0.05) is 49.1 Å². The molecule has 0 saturated carbocycles. The molecule has 0 spiro atoms. The van der Waals surface area contributed by atoms with Crippen molar-refractivity contribution >= 4 is 87.5 Å². The van der Waals surface area contributed by atoms with Crippen molar-refractivity contribution in [2.45, 2.75) is 0 Å². The molecule has 9 aromatic carbocycles. The van der Waals surface area contributed by atoms with Gasteiger partial charge in [0.15, 0.2) is 0 Å². The van der Waals surface area contributed by atoms with Crippen molar-refractivity contribution in [3.63, 3.8) is 0 Å². The number of aromatic nitrogens is 2. The van der Waals surface area contributed by atoms with E-state index in [9.17, 15) is 0 Å². The molecule has 0 N–H and O–H groups in total. The molecule has 0 aliphatic heterocycles. The molecule has 4 nitrogen and oxygen atoms in total. The number of benzene rings is 9. The first-order valence-electron chi connectivity index (χ1n) is 19.7. The normalized spacial score (nSPS) is 12.1. The molecular formula is C54H32N2O2. The molecule has 0 radical (unpaired) electrons. The highest BCUT2D eigenvalue weighted by Crippen LogP contribution is 2.42. The number of para-hydroxylation sites is 4.